The summed E-state index contributed by atoms with van der Waals surface area (Å²) >= 11 is 0. The molecule has 0 aliphatic rings. The van der Waals surface area contributed by atoms with Gasteiger partial charge in [-0.3, -0.25) is 5.41 Å². The van der Waals surface area contributed by atoms with Crippen LogP contribution in [0.4, 0.5) is 0 Å². The largest absolute Gasteiger partial charge is 0.507 e. The molecule has 0 amide bonds. The summed E-state index contributed by atoms with van der Waals surface area (Å²) in [5.41, 5.74) is 5.99. The van der Waals surface area contributed by atoms with Crippen LogP contribution in [0.3, 0.4) is 0 Å². The molecule has 1 aromatic carbocycles. The van der Waals surface area contributed by atoms with Gasteiger partial charge in [0.2, 0.25) is 0 Å². The molecule has 0 saturated heterocycles. The molecule has 0 fully saturated rings. The fourth-order valence-electron chi connectivity index (χ4n) is 1.19. The van der Waals surface area contributed by atoms with Gasteiger partial charge in [-0.15, -0.1) is 0 Å². The molecule has 0 heterocycles. The molecule has 0 aliphatic carbocycles. The summed E-state index contributed by atoms with van der Waals surface area (Å²) in [6.07, 6.45) is 0.240. The van der Waals surface area contributed by atoms with Crippen molar-refractivity contribution >= 4 is 11.8 Å². The summed E-state index contributed by atoms with van der Waals surface area (Å²) in [5.74, 6) is -0.761. The molecule has 5 nitrogen and oxygen atoms in total. The molecule has 1 rings (SSSR count). The zero-order valence-corrected chi connectivity index (χ0v) is 8.28. The predicted octanol–water partition coefficient (Wildman–Crippen LogP) is 0.657. The smallest absolute Gasteiger partial charge is 0.341 e. The van der Waals surface area contributed by atoms with E-state index >= 15 is 0 Å². The van der Waals surface area contributed by atoms with Gasteiger partial charge in [-0.05, 0) is 17.7 Å². The lowest BCUT2D eigenvalue weighted by atomic mass is 10.1. The Morgan fingerprint density at radius 2 is 2.27 bits per heavy atom. The van der Waals surface area contributed by atoms with Crippen LogP contribution in [0.5, 0.6) is 5.75 Å². The maximum atomic E-state index is 11.2. The van der Waals surface area contributed by atoms with Gasteiger partial charge < -0.3 is 15.6 Å². The van der Waals surface area contributed by atoms with Crippen molar-refractivity contribution in [1.29, 1.82) is 5.41 Å². The Morgan fingerprint density at radius 3 is 2.80 bits per heavy atom. The second-order valence-electron chi connectivity index (χ2n) is 3.05. The van der Waals surface area contributed by atoms with E-state index in [-0.39, 0.29) is 23.6 Å². The van der Waals surface area contributed by atoms with E-state index in [0.717, 1.165) is 0 Å². The predicted molar refractivity (Wildman–Crippen MR) is 55.1 cm³/mol. The molecule has 0 spiro atoms. The van der Waals surface area contributed by atoms with Crippen molar-refractivity contribution in [1.82, 2.24) is 0 Å². The molecule has 0 bridgehead atoms. The topological polar surface area (TPSA) is 96.4 Å². The van der Waals surface area contributed by atoms with Crippen LogP contribution in [0.1, 0.15) is 15.9 Å². The van der Waals surface area contributed by atoms with Gasteiger partial charge in [0.1, 0.15) is 11.3 Å². The SMILES string of the molecule is COC(=O)c1cc(CC(=N)N)ccc1O. The number of amidine groups is 1. The second-order valence-corrected chi connectivity index (χ2v) is 3.05. The molecule has 0 aliphatic heterocycles. The molecule has 0 radical (unpaired) electrons. The first-order valence-corrected chi connectivity index (χ1v) is 4.27. The molecular formula is C10H12N2O3. The highest BCUT2D eigenvalue weighted by Crippen LogP contribution is 2.19. The van der Waals surface area contributed by atoms with E-state index in [2.05, 4.69) is 4.74 Å². The number of carbonyl (C=O) groups excluding carboxylic acids is 1. The van der Waals surface area contributed by atoms with Gasteiger partial charge in [0.05, 0.1) is 12.9 Å². The lowest BCUT2D eigenvalue weighted by molar-refractivity contribution is 0.0597. The Labute approximate surface area is 87.0 Å². The molecule has 0 aromatic heterocycles. The van der Waals surface area contributed by atoms with Crippen molar-refractivity contribution < 1.29 is 14.6 Å². The Kier molecular flexibility index (Phi) is 3.28. The molecule has 0 unspecified atom stereocenters. The first-order chi connectivity index (χ1) is 7.04. The molecular weight excluding hydrogens is 196 g/mol. The Morgan fingerprint density at radius 1 is 1.60 bits per heavy atom. The first-order valence-electron chi connectivity index (χ1n) is 4.27. The monoisotopic (exact) mass is 208 g/mol. The number of carbonyl (C=O) groups is 1. The number of rotatable bonds is 3. The van der Waals surface area contributed by atoms with Gasteiger partial charge in [0.15, 0.2) is 0 Å². The number of benzene rings is 1. The summed E-state index contributed by atoms with van der Waals surface area (Å²) < 4.78 is 4.49. The van der Waals surface area contributed by atoms with Crippen LogP contribution in [0, 0.1) is 5.41 Å². The van der Waals surface area contributed by atoms with Crippen LogP contribution in [0.2, 0.25) is 0 Å². The number of phenolic OH excluding ortho intramolecular Hbond substituents is 1. The van der Waals surface area contributed by atoms with Crippen LogP contribution in [0.15, 0.2) is 18.2 Å². The lowest BCUT2D eigenvalue weighted by Crippen LogP contribution is -2.13. The summed E-state index contributed by atoms with van der Waals surface area (Å²) in [4.78, 5) is 11.2. The fourth-order valence-corrected chi connectivity index (χ4v) is 1.19. The van der Waals surface area contributed by atoms with E-state index in [1.54, 1.807) is 6.07 Å². The average molecular weight is 208 g/mol. The number of hydrogen-bond acceptors (Lipinski definition) is 4. The number of ether oxygens (including phenoxy) is 1. The standard InChI is InChI=1S/C10H12N2O3/c1-15-10(14)7-4-6(5-9(11)12)2-3-8(7)13/h2-4,13H,5H2,1H3,(H3,11,12). The minimum Gasteiger partial charge on any atom is -0.507 e. The lowest BCUT2D eigenvalue weighted by Gasteiger charge is -2.05. The first kappa shape index (κ1) is 11.0. The molecule has 1 aromatic rings. The van der Waals surface area contributed by atoms with E-state index in [1.165, 1.54) is 19.2 Å². The summed E-state index contributed by atoms with van der Waals surface area (Å²) in [6, 6.07) is 4.44. The van der Waals surface area contributed by atoms with E-state index in [1.807, 2.05) is 0 Å². The highest BCUT2D eigenvalue weighted by atomic mass is 16.5. The number of methoxy groups -OCH3 is 1. The zero-order chi connectivity index (χ0) is 11.4. The van der Waals surface area contributed by atoms with Gasteiger partial charge in [-0.25, -0.2) is 4.79 Å². The summed E-state index contributed by atoms with van der Waals surface area (Å²) in [7, 11) is 1.24. The number of nitrogens with two attached hydrogens (primary N) is 1. The van der Waals surface area contributed by atoms with Crippen LogP contribution in [-0.2, 0) is 11.2 Å². The zero-order valence-electron chi connectivity index (χ0n) is 8.28. The van der Waals surface area contributed by atoms with Crippen LogP contribution >= 0.6 is 0 Å². The highest BCUT2D eigenvalue weighted by Gasteiger charge is 2.12. The second kappa shape index (κ2) is 4.45. The fraction of sp³-hybridized carbons (Fsp3) is 0.200. The number of hydrogen-bond donors (Lipinski definition) is 3. The van der Waals surface area contributed by atoms with Crippen LogP contribution in [0.25, 0.3) is 0 Å². The third-order valence-electron chi connectivity index (χ3n) is 1.86. The Hall–Kier alpha value is -2.04. The third kappa shape index (κ3) is 2.70. The van der Waals surface area contributed by atoms with Crippen molar-refractivity contribution in [3.63, 3.8) is 0 Å². The number of esters is 1. The quantitative estimate of drug-likeness (QED) is 0.386. The normalized spacial score (nSPS) is 9.67. The summed E-state index contributed by atoms with van der Waals surface area (Å²) in [6.45, 7) is 0. The summed E-state index contributed by atoms with van der Waals surface area (Å²) in [5, 5.41) is 16.5. The third-order valence-corrected chi connectivity index (χ3v) is 1.86. The van der Waals surface area contributed by atoms with Gasteiger partial charge in [0, 0.05) is 6.42 Å². The van der Waals surface area contributed by atoms with Gasteiger partial charge in [0.25, 0.3) is 0 Å². The number of phenols is 1. The van der Waals surface area contributed by atoms with Crippen LogP contribution < -0.4 is 5.73 Å². The van der Waals surface area contributed by atoms with Crippen molar-refractivity contribution in [2.45, 2.75) is 6.42 Å². The van der Waals surface area contributed by atoms with Crippen molar-refractivity contribution in [3.8, 4) is 5.75 Å². The van der Waals surface area contributed by atoms with E-state index in [4.69, 9.17) is 11.1 Å². The highest BCUT2D eigenvalue weighted by molar-refractivity contribution is 5.93. The van der Waals surface area contributed by atoms with Gasteiger partial charge >= 0.3 is 5.97 Å². The van der Waals surface area contributed by atoms with Gasteiger partial charge in [-0.1, -0.05) is 6.07 Å². The van der Waals surface area contributed by atoms with Crippen LogP contribution in [-0.4, -0.2) is 24.0 Å². The molecule has 0 saturated carbocycles. The molecule has 4 N–H and O–H groups in total. The van der Waals surface area contributed by atoms with Crippen molar-refractivity contribution in [2.24, 2.45) is 5.73 Å². The number of nitrogens with one attached hydrogen (secondary N) is 1. The molecule has 5 heteroatoms. The van der Waals surface area contributed by atoms with Gasteiger partial charge in [-0.2, -0.15) is 0 Å². The van der Waals surface area contributed by atoms with E-state index < -0.39 is 5.97 Å². The molecule has 80 valence electrons. The van der Waals surface area contributed by atoms with E-state index in [9.17, 15) is 9.90 Å². The van der Waals surface area contributed by atoms with Crippen molar-refractivity contribution in [3.05, 3.63) is 29.3 Å². The maximum absolute atomic E-state index is 11.2. The van der Waals surface area contributed by atoms with Crippen molar-refractivity contribution in [2.75, 3.05) is 7.11 Å². The minimum atomic E-state index is -0.613. The van der Waals surface area contributed by atoms with E-state index in [0.29, 0.717) is 5.56 Å². The molecule has 0 atom stereocenters. The maximum Gasteiger partial charge on any atom is 0.341 e. The molecule has 15 heavy (non-hydrogen) atoms. The Bertz CT molecular complexity index is 402. The Balaban J connectivity index is 3.05. The minimum absolute atomic E-state index is 0.00324. The number of aromatic hydroxyl groups is 1. The average Bonchev–Trinajstić information content (AvgIpc) is 2.19.